The van der Waals surface area contributed by atoms with Gasteiger partial charge >= 0.3 is 6.18 Å². The third kappa shape index (κ3) is 3.23. The minimum atomic E-state index is -4.42. The molecule has 0 radical (unpaired) electrons. The molecule has 7 heteroatoms. The number of nitrogens with zero attached hydrogens (tertiary/aromatic N) is 2. The first kappa shape index (κ1) is 13.8. The van der Waals surface area contributed by atoms with Gasteiger partial charge in [0.2, 0.25) is 0 Å². The van der Waals surface area contributed by atoms with Gasteiger partial charge in [-0.25, -0.2) is 9.97 Å². The van der Waals surface area contributed by atoms with Crippen molar-refractivity contribution in [2.45, 2.75) is 26.1 Å². The van der Waals surface area contributed by atoms with Crippen LogP contribution in [0.1, 0.15) is 28.4 Å². The minimum absolute atomic E-state index is 0.171. The van der Waals surface area contributed by atoms with Gasteiger partial charge in [0.1, 0.15) is 10.8 Å². The lowest BCUT2D eigenvalue weighted by molar-refractivity contribution is -0.137. The van der Waals surface area contributed by atoms with Crippen LogP contribution in [0.5, 0.6) is 0 Å². The summed E-state index contributed by atoms with van der Waals surface area (Å²) in [6.07, 6.45) is -1.40. The molecule has 2 heterocycles. The molecule has 0 aromatic carbocycles. The second-order valence-corrected chi connectivity index (χ2v) is 5.34. The lowest BCUT2D eigenvalue weighted by Gasteiger charge is -2.16. The predicted molar refractivity (Wildman–Crippen MR) is 68.1 cm³/mol. The lowest BCUT2D eigenvalue weighted by Crippen LogP contribution is -2.14. The van der Waals surface area contributed by atoms with Crippen LogP contribution in [0, 0.1) is 6.92 Å². The van der Waals surface area contributed by atoms with Crippen molar-refractivity contribution in [3.8, 4) is 0 Å². The van der Waals surface area contributed by atoms with Gasteiger partial charge in [0.25, 0.3) is 0 Å². The summed E-state index contributed by atoms with van der Waals surface area (Å²) >= 11 is 1.45. The van der Waals surface area contributed by atoms with E-state index in [1.807, 2.05) is 6.92 Å². The third-order valence-electron chi connectivity index (χ3n) is 2.48. The van der Waals surface area contributed by atoms with Crippen LogP contribution >= 0.6 is 11.3 Å². The Balaban J connectivity index is 2.24. The Hall–Kier alpha value is -1.63. The van der Waals surface area contributed by atoms with Crippen molar-refractivity contribution in [3.63, 3.8) is 0 Å². The molecule has 2 aromatic heterocycles. The molecule has 0 spiro atoms. The first-order valence-electron chi connectivity index (χ1n) is 5.59. The van der Waals surface area contributed by atoms with Crippen LogP contribution in [0.3, 0.4) is 0 Å². The zero-order chi connectivity index (χ0) is 14.0. The molecule has 0 aliphatic heterocycles. The van der Waals surface area contributed by atoms with Crippen molar-refractivity contribution in [2.24, 2.45) is 0 Å². The Kier molecular flexibility index (Phi) is 3.75. The highest BCUT2D eigenvalue weighted by Gasteiger charge is 2.34. The van der Waals surface area contributed by atoms with Crippen LogP contribution in [0.4, 0.5) is 19.0 Å². The lowest BCUT2D eigenvalue weighted by atomic mass is 10.2. The van der Waals surface area contributed by atoms with E-state index in [9.17, 15) is 13.2 Å². The average Bonchev–Trinajstić information content (AvgIpc) is 2.75. The number of thiazole rings is 1. The molecule has 1 atom stereocenters. The Labute approximate surface area is 112 Å². The Bertz CT molecular complexity index is 565. The van der Waals surface area contributed by atoms with Crippen LogP contribution in [-0.2, 0) is 6.18 Å². The highest BCUT2D eigenvalue weighted by atomic mass is 32.1. The van der Waals surface area contributed by atoms with Crippen LogP contribution in [-0.4, -0.2) is 9.97 Å². The highest BCUT2D eigenvalue weighted by Crippen LogP contribution is 2.35. The fourth-order valence-corrected chi connectivity index (χ4v) is 2.36. The highest BCUT2D eigenvalue weighted by molar-refractivity contribution is 7.11. The summed E-state index contributed by atoms with van der Waals surface area (Å²) < 4.78 is 38.4. The van der Waals surface area contributed by atoms with Crippen molar-refractivity contribution >= 4 is 17.2 Å². The summed E-state index contributed by atoms with van der Waals surface area (Å²) in [7, 11) is 0. The standard InChI is InChI=1S/C12H12F3N3S/c1-7-6-17-11(19-7)8(2)18-10-9(12(13,14)15)4-3-5-16-10/h3-6,8H,1-2H3,(H,16,18). The number of anilines is 1. The van der Waals surface area contributed by atoms with Crippen molar-refractivity contribution < 1.29 is 13.2 Å². The van der Waals surface area contributed by atoms with E-state index in [4.69, 9.17) is 0 Å². The fraction of sp³-hybridized carbons (Fsp3) is 0.333. The molecule has 0 amide bonds. The number of pyridine rings is 1. The zero-order valence-corrected chi connectivity index (χ0v) is 11.1. The van der Waals surface area contributed by atoms with Gasteiger partial charge in [0.05, 0.1) is 11.6 Å². The quantitative estimate of drug-likeness (QED) is 0.925. The SMILES string of the molecule is Cc1cnc(C(C)Nc2ncccc2C(F)(F)F)s1. The zero-order valence-electron chi connectivity index (χ0n) is 10.3. The predicted octanol–water partition coefficient (Wildman–Crippen LogP) is 4.04. The molecule has 0 aliphatic carbocycles. The first-order valence-corrected chi connectivity index (χ1v) is 6.40. The van der Waals surface area contributed by atoms with Crippen LogP contribution in [0.25, 0.3) is 0 Å². The molecule has 102 valence electrons. The number of hydrogen-bond donors (Lipinski definition) is 1. The van der Waals surface area contributed by atoms with Gasteiger partial charge in [-0.3, -0.25) is 0 Å². The summed E-state index contributed by atoms with van der Waals surface area (Å²) in [6.45, 7) is 3.66. The molecule has 2 rings (SSSR count). The van der Waals surface area contributed by atoms with E-state index in [1.165, 1.54) is 23.6 Å². The monoisotopic (exact) mass is 287 g/mol. The summed E-state index contributed by atoms with van der Waals surface area (Å²) in [5, 5.41) is 3.50. The first-order chi connectivity index (χ1) is 8.88. The summed E-state index contributed by atoms with van der Waals surface area (Å²) in [6, 6.07) is 1.95. The molecule has 0 saturated heterocycles. The molecule has 0 aliphatic rings. The van der Waals surface area contributed by atoms with Crippen molar-refractivity contribution in [3.05, 3.63) is 40.0 Å². The fourth-order valence-electron chi connectivity index (χ4n) is 1.59. The Morgan fingerprint density at radius 1 is 1.32 bits per heavy atom. The maximum Gasteiger partial charge on any atom is 0.419 e. The molecule has 0 fully saturated rings. The Morgan fingerprint density at radius 3 is 2.63 bits per heavy atom. The summed E-state index contributed by atoms with van der Waals surface area (Å²) in [4.78, 5) is 8.93. The second-order valence-electron chi connectivity index (χ2n) is 4.07. The molecule has 1 N–H and O–H groups in total. The molecule has 1 unspecified atom stereocenters. The van der Waals surface area contributed by atoms with Crippen molar-refractivity contribution in [1.29, 1.82) is 0 Å². The summed E-state index contributed by atoms with van der Waals surface area (Å²) in [5.74, 6) is -0.171. The van der Waals surface area contributed by atoms with E-state index in [0.717, 1.165) is 16.0 Å². The maximum atomic E-state index is 12.8. The molecule has 0 bridgehead atoms. The minimum Gasteiger partial charge on any atom is -0.361 e. The third-order valence-corrected chi connectivity index (χ3v) is 3.57. The van der Waals surface area contributed by atoms with E-state index in [-0.39, 0.29) is 11.9 Å². The number of halogens is 3. The molecule has 19 heavy (non-hydrogen) atoms. The maximum absolute atomic E-state index is 12.8. The van der Waals surface area contributed by atoms with Gasteiger partial charge in [-0.1, -0.05) is 0 Å². The molecule has 2 aromatic rings. The molecule has 0 saturated carbocycles. The normalized spacial score (nSPS) is 13.3. The van der Waals surface area contributed by atoms with Crippen LogP contribution in [0.15, 0.2) is 24.5 Å². The number of aryl methyl sites for hydroxylation is 1. The number of rotatable bonds is 3. The largest absolute Gasteiger partial charge is 0.419 e. The Morgan fingerprint density at radius 2 is 2.05 bits per heavy atom. The molecular weight excluding hydrogens is 275 g/mol. The van der Waals surface area contributed by atoms with E-state index >= 15 is 0 Å². The van der Waals surface area contributed by atoms with Gasteiger partial charge in [0.15, 0.2) is 0 Å². The average molecular weight is 287 g/mol. The number of alkyl halides is 3. The van der Waals surface area contributed by atoms with Crippen molar-refractivity contribution in [2.75, 3.05) is 5.32 Å². The summed E-state index contributed by atoms with van der Waals surface area (Å²) in [5.41, 5.74) is -0.768. The molecular formula is C12H12F3N3S. The number of hydrogen-bond acceptors (Lipinski definition) is 4. The van der Waals surface area contributed by atoms with Gasteiger partial charge in [-0.15, -0.1) is 11.3 Å². The van der Waals surface area contributed by atoms with Gasteiger partial charge in [-0.05, 0) is 26.0 Å². The second kappa shape index (κ2) is 5.16. The van der Waals surface area contributed by atoms with Crippen LogP contribution in [0.2, 0.25) is 0 Å². The van der Waals surface area contributed by atoms with E-state index in [1.54, 1.807) is 13.1 Å². The number of aromatic nitrogens is 2. The van der Waals surface area contributed by atoms with Crippen LogP contribution < -0.4 is 5.32 Å². The van der Waals surface area contributed by atoms with E-state index in [0.29, 0.717) is 0 Å². The molecule has 3 nitrogen and oxygen atoms in total. The van der Waals surface area contributed by atoms with E-state index in [2.05, 4.69) is 15.3 Å². The van der Waals surface area contributed by atoms with Crippen molar-refractivity contribution in [1.82, 2.24) is 9.97 Å². The van der Waals surface area contributed by atoms with Gasteiger partial charge in [0, 0.05) is 17.3 Å². The number of nitrogens with one attached hydrogen (secondary N) is 1. The van der Waals surface area contributed by atoms with E-state index < -0.39 is 11.7 Å². The van der Waals surface area contributed by atoms with Gasteiger partial charge < -0.3 is 5.32 Å². The topological polar surface area (TPSA) is 37.8 Å². The smallest absolute Gasteiger partial charge is 0.361 e. The van der Waals surface area contributed by atoms with Gasteiger partial charge in [-0.2, -0.15) is 13.2 Å².